The number of thioether (sulfide) groups is 2. The molecule has 2 atom stereocenters. The predicted molar refractivity (Wildman–Crippen MR) is 213 cm³/mol. The van der Waals surface area contributed by atoms with Crippen molar-refractivity contribution in [2.75, 3.05) is 38.2 Å². The van der Waals surface area contributed by atoms with E-state index in [1.807, 2.05) is 54.7 Å². The van der Waals surface area contributed by atoms with Crippen LogP contribution in [0.2, 0.25) is 0 Å². The quantitative estimate of drug-likeness (QED) is 0.0901. The molecule has 1 amide bonds. The fraction of sp³-hybridized carbons (Fsp3) is 0.600. The Hall–Kier alpha value is -2.56. The Bertz CT molecular complexity index is 1270. The molecule has 2 unspecified atom stereocenters. The smallest absolute Gasteiger partial charge is 0.328 e. The summed E-state index contributed by atoms with van der Waals surface area (Å²) in [5.41, 5.74) is 4.32. The van der Waals surface area contributed by atoms with Crippen molar-refractivity contribution in [2.24, 2.45) is 10.8 Å². The number of carbonyl (C=O) groups is 3. The van der Waals surface area contributed by atoms with E-state index < -0.39 is 12.1 Å². The molecule has 2 aliphatic carbocycles. The number of hydrogen-bond donors (Lipinski definition) is 2. The lowest BCUT2D eigenvalue weighted by molar-refractivity contribution is -0.148. The lowest BCUT2D eigenvalue weighted by Gasteiger charge is -2.43. The van der Waals surface area contributed by atoms with Crippen LogP contribution in [0, 0.1) is 24.7 Å². The molecule has 0 bridgehead atoms. The van der Waals surface area contributed by atoms with Gasteiger partial charge in [-0.3, -0.25) is 4.79 Å². The zero-order chi connectivity index (χ0) is 36.6. The molecule has 276 valence electrons. The number of ether oxygens (including phenoxy) is 2. The minimum absolute atomic E-state index is 0.0161. The zero-order valence-corrected chi connectivity index (χ0v) is 33.4. The highest BCUT2D eigenvalue weighted by Crippen LogP contribution is 2.46. The molecule has 0 aliphatic heterocycles. The summed E-state index contributed by atoms with van der Waals surface area (Å²) < 4.78 is 9.92. The Kier molecular flexibility index (Phi) is 17.6. The lowest BCUT2D eigenvalue weighted by atomic mass is 9.65. The van der Waals surface area contributed by atoms with E-state index in [9.17, 15) is 14.4 Å². The molecule has 0 aromatic heterocycles. The van der Waals surface area contributed by atoms with Gasteiger partial charge in [0.25, 0.3) is 0 Å². The molecule has 2 aliphatic rings. The maximum absolute atomic E-state index is 12.9. The summed E-state index contributed by atoms with van der Waals surface area (Å²) in [7, 11) is 2.81. The molecule has 2 N–H and O–H groups in total. The largest absolute Gasteiger partial charge is 0.467 e. The van der Waals surface area contributed by atoms with E-state index in [2.05, 4.69) is 54.3 Å². The van der Waals surface area contributed by atoms with Crippen LogP contribution >= 0.6 is 35.7 Å². The zero-order valence-electron chi connectivity index (χ0n) is 30.9. The molecule has 2 aromatic carbocycles. The van der Waals surface area contributed by atoms with Gasteiger partial charge < -0.3 is 20.1 Å². The van der Waals surface area contributed by atoms with Gasteiger partial charge in [0.05, 0.1) is 19.2 Å². The van der Waals surface area contributed by atoms with Crippen LogP contribution in [0.15, 0.2) is 48.5 Å². The molecule has 10 heteroatoms. The number of methoxy groups -OCH3 is 2. The molecule has 4 rings (SSSR count). The molecule has 2 aromatic rings. The summed E-state index contributed by atoms with van der Waals surface area (Å²) >= 11 is 9.43. The Morgan fingerprint density at radius 1 is 0.700 bits per heavy atom. The van der Waals surface area contributed by atoms with Crippen molar-refractivity contribution in [3.63, 3.8) is 0 Å². The summed E-state index contributed by atoms with van der Waals surface area (Å²) in [5.74, 6) is 1.61. The molecular formula is C40H58N2O5S3. The van der Waals surface area contributed by atoms with Gasteiger partial charge in [-0.1, -0.05) is 84.7 Å². The van der Waals surface area contributed by atoms with Crippen LogP contribution in [-0.2, 0) is 36.7 Å². The van der Waals surface area contributed by atoms with E-state index in [-0.39, 0.29) is 28.7 Å². The Labute approximate surface area is 314 Å². The standard InChI is InChI=1S/C20H29NO3S.C20H29NO2S2/c1-15-6-8-16(9-7-15)14-17(18(22)24-2)21-19(23)20(10-4-11-20)12-5-13-25-3;1-15-6-8-16(9-7-15)14-17(18(22)23-2)21-19(24)20(10-4-11-20)12-5-13-25-3/h6-9,17H,4-5,10-14H2,1-3H3,(H,21,23);6-9,17H,4-5,10-14H2,1-3H3,(H,21,24). The van der Waals surface area contributed by atoms with Gasteiger partial charge in [-0.25, -0.2) is 9.59 Å². The molecule has 2 saturated carbocycles. The molecule has 0 spiro atoms. The minimum Gasteiger partial charge on any atom is -0.467 e. The molecular weight excluding hydrogens is 685 g/mol. The van der Waals surface area contributed by atoms with Crippen molar-refractivity contribution >= 4 is 58.6 Å². The second kappa shape index (κ2) is 21.1. The first-order chi connectivity index (χ1) is 24.0. The molecule has 0 heterocycles. The van der Waals surface area contributed by atoms with E-state index in [1.165, 1.54) is 38.2 Å². The minimum atomic E-state index is -0.627. The summed E-state index contributed by atoms with van der Waals surface area (Å²) in [6, 6.07) is 15.2. The van der Waals surface area contributed by atoms with Gasteiger partial charge in [0.2, 0.25) is 5.91 Å². The van der Waals surface area contributed by atoms with Crippen LogP contribution in [0.25, 0.3) is 0 Å². The van der Waals surface area contributed by atoms with Gasteiger partial charge in [-0.15, -0.1) is 0 Å². The number of nitrogens with one attached hydrogen (secondary N) is 2. The molecule has 50 heavy (non-hydrogen) atoms. The van der Waals surface area contributed by atoms with Gasteiger partial charge in [0.15, 0.2) is 0 Å². The van der Waals surface area contributed by atoms with Crippen LogP contribution < -0.4 is 10.6 Å². The van der Waals surface area contributed by atoms with E-state index in [0.717, 1.165) is 79.0 Å². The molecule has 2 fully saturated rings. The number of esters is 2. The highest BCUT2D eigenvalue weighted by Gasteiger charge is 2.45. The number of amides is 1. The highest BCUT2D eigenvalue weighted by atomic mass is 32.2. The van der Waals surface area contributed by atoms with Crippen molar-refractivity contribution in [1.82, 2.24) is 10.6 Å². The van der Waals surface area contributed by atoms with Crippen LogP contribution in [-0.4, -0.2) is 73.2 Å². The van der Waals surface area contributed by atoms with Crippen molar-refractivity contribution in [2.45, 2.75) is 103 Å². The average molecular weight is 743 g/mol. The molecule has 0 saturated heterocycles. The second-order valence-corrected chi connectivity index (χ2v) is 16.3. The van der Waals surface area contributed by atoms with Crippen LogP contribution in [0.4, 0.5) is 0 Å². The molecule has 7 nitrogen and oxygen atoms in total. The topological polar surface area (TPSA) is 93.7 Å². The third kappa shape index (κ3) is 12.3. The number of hydrogen-bond acceptors (Lipinski definition) is 8. The van der Waals surface area contributed by atoms with Crippen molar-refractivity contribution in [3.8, 4) is 0 Å². The van der Waals surface area contributed by atoms with Gasteiger partial charge in [0.1, 0.15) is 12.1 Å². The number of carbonyl (C=O) groups excluding carboxylic acids is 3. The van der Waals surface area contributed by atoms with Crippen molar-refractivity contribution in [1.29, 1.82) is 0 Å². The summed E-state index contributed by atoms with van der Waals surface area (Å²) in [5, 5.41) is 6.33. The molecule has 0 radical (unpaired) electrons. The summed E-state index contributed by atoms with van der Waals surface area (Å²) in [6.07, 6.45) is 15.9. The highest BCUT2D eigenvalue weighted by molar-refractivity contribution is 7.98. The number of aryl methyl sites for hydroxylation is 2. The van der Waals surface area contributed by atoms with E-state index >= 15 is 0 Å². The SMILES string of the molecule is COC(=O)C(Cc1ccc(C)cc1)NC(=O)C1(CCCSC)CCC1.COC(=O)C(Cc1ccc(C)cc1)NC(=S)C1(CCCSC)CCC1. The number of rotatable bonds is 18. The fourth-order valence-corrected chi connectivity index (χ4v) is 8.03. The maximum atomic E-state index is 12.9. The van der Waals surface area contributed by atoms with Crippen LogP contribution in [0.5, 0.6) is 0 Å². The monoisotopic (exact) mass is 742 g/mol. The van der Waals surface area contributed by atoms with E-state index in [0.29, 0.717) is 12.8 Å². The van der Waals surface area contributed by atoms with E-state index in [4.69, 9.17) is 21.7 Å². The first-order valence-corrected chi connectivity index (χ1v) is 21.1. The van der Waals surface area contributed by atoms with Gasteiger partial charge >= 0.3 is 11.9 Å². The van der Waals surface area contributed by atoms with Crippen molar-refractivity contribution in [3.05, 3.63) is 70.8 Å². The Balaban J connectivity index is 0.000000270. The number of thiocarbonyl (C=S) groups is 1. The van der Waals surface area contributed by atoms with E-state index in [1.54, 1.807) is 0 Å². The second-order valence-electron chi connectivity index (χ2n) is 13.9. The normalized spacial score (nSPS) is 16.6. The first kappa shape index (κ1) is 41.9. The fourth-order valence-electron chi connectivity index (χ4n) is 6.71. The average Bonchev–Trinajstić information content (AvgIpc) is 3.07. The summed E-state index contributed by atoms with van der Waals surface area (Å²) in [4.78, 5) is 38.2. The third-order valence-corrected chi connectivity index (χ3v) is 12.2. The van der Waals surface area contributed by atoms with Gasteiger partial charge in [-0.05, 0) is 100 Å². The Morgan fingerprint density at radius 3 is 1.46 bits per heavy atom. The summed E-state index contributed by atoms with van der Waals surface area (Å²) in [6.45, 7) is 4.09. The first-order valence-electron chi connectivity index (χ1n) is 17.9. The van der Waals surface area contributed by atoms with Crippen LogP contribution in [0.3, 0.4) is 0 Å². The van der Waals surface area contributed by atoms with Gasteiger partial charge in [-0.2, -0.15) is 23.5 Å². The maximum Gasteiger partial charge on any atom is 0.328 e. The Morgan fingerprint density at radius 2 is 1.10 bits per heavy atom. The lowest BCUT2D eigenvalue weighted by Crippen LogP contribution is -2.52. The predicted octanol–water partition coefficient (Wildman–Crippen LogP) is 7.82. The third-order valence-electron chi connectivity index (χ3n) is 10.3. The van der Waals surface area contributed by atoms with Gasteiger partial charge in [0, 0.05) is 23.7 Å². The van der Waals surface area contributed by atoms with Crippen molar-refractivity contribution < 1.29 is 23.9 Å². The number of benzene rings is 2. The van der Waals surface area contributed by atoms with Crippen LogP contribution in [0.1, 0.15) is 86.5 Å².